The van der Waals surface area contributed by atoms with Gasteiger partial charge in [-0.3, -0.25) is 4.79 Å². The van der Waals surface area contributed by atoms with E-state index in [0.717, 1.165) is 25.9 Å². The van der Waals surface area contributed by atoms with Crippen LogP contribution in [0, 0.1) is 12.8 Å². The maximum Gasteiger partial charge on any atom is 0.224 e. The second-order valence-corrected chi connectivity index (χ2v) is 5.54. The SMILES string of the molecule is Cc1cccc2[nH]cc(CCNC(=O)C3CCNC3)c12.Cl. The van der Waals surface area contributed by atoms with Crippen molar-refractivity contribution in [3.63, 3.8) is 0 Å². The zero-order valence-corrected chi connectivity index (χ0v) is 13.1. The highest BCUT2D eigenvalue weighted by molar-refractivity contribution is 5.86. The van der Waals surface area contributed by atoms with Crippen molar-refractivity contribution in [1.29, 1.82) is 0 Å². The van der Waals surface area contributed by atoms with E-state index in [1.165, 1.54) is 22.0 Å². The van der Waals surface area contributed by atoms with Crippen molar-refractivity contribution in [1.82, 2.24) is 15.6 Å². The quantitative estimate of drug-likeness (QED) is 0.811. The summed E-state index contributed by atoms with van der Waals surface area (Å²) in [6.45, 7) is 4.61. The van der Waals surface area contributed by atoms with Crippen molar-refractivity contribution in [2.75, 3.05) is 19.6 Å². The van der Waals surface area contributed by atoms with Crippen LogP contribution in [0.3, 0.4) is 0 Å². The molecule has 4 nitrogen and oxygen atoms in total. The number of aromatic nitrogens is 1. The fourth-order valence-electron chi connectivity index (χ4n) is 2.99. The summed E-state index contributed by atoms with van der Waals surface area (Å²) in [5, 5.41) is 7.57. The fourth-order valence-corrected chi connectivity index (χ4v) is 2.99. The lowest BCUT2D eigenvalue weighted by Crippen LogP contribution is -2.33. The van der Waals surface area contributed by atoms with Gasteiger partial charge < -0.3 is 15.6 Å². The van der Waals surface area contributed by atoms with E-state index in [-0.39, 0.29) is 24.2 Å². The molecule has 2 aromatic rings. The fraction of sp³-hybridized carbons (Fsp3) is 0.438. The number of hydrogen-bond acceptors (Lipinski definition) is 2. The Morgan fingerprint density at radius 3 is 3.05 bits per heavy atom. The Kier molecular flexibility index (Phi) is 5.26. The van der Waals surface area contributed by atoms with E-state index in [4.69, 9.17) is 0 Å². The van der Waals surface area contributed by atoms with Gasteiger partial charge in [0.1, 0.15) is 0 Å². The molecule has 0 saturated carbocycles. The average Bonchev–Trinajstić information content (AvgIpc) is 3.08. The van der Waals surface area contributed by atoms with Crippen molar-refractivity contribution in [2.24, 2.45) is 5.92 Å². The first-order chi connectivity index (χ1) is 9.75. The summed E-state index contributed by atoms with van der Waals surface area (Å²) >= 11 is 0. The number of aromatic amines is 1. The molecule has 21 heavy (non-hydrogen) atoms. The molecule has 1 unspecified atom stereocenters. The van der Waals surface area contributed by atoms with Gasteiger partial charge in [-0.15, -0.1) is 12.4 Å². The summed E-state index contributed by atoms with van der Waals surface area (Å²) in [7, 11) is 0. The van der Waals surface area contributed by atoms with Gasteiger partial charge in [0, 0.05) is 30.2 Å². The molecule has 3 N–H and O–H groups in total. The number of carbonyl (C=O) groups excluding carboxylic acids is 1. The molecule has 1 saturated heterocycles. The number of fused-ring (bicyclic) bond motifs is 1. The summed E-state index contributed by atoms with van der Waals surface area (Å²) in [6, 6.07) is 6.28. The van der Waals surface area contributed by atoms with Crippen molar-refractivity contribution in [3.8, 4) is 0 Å². The number of halogens is 1. The maximum absolute atomic E-state index is 11.9. The summed E-state index contributed by atoms with van der Waals surface area (Å²) in [4.78, 5) is 15.2. The lowest BCUT2D eigenvalue weighted by molar-refractivity contribution is -0.124. The third-order valence-corrected chi connectivity index (χ3v) is 4.12. The van der Waals surface area contributed by atoms with E-state index < -0.39 is 0 Å². The molecular formula is C16H22ClN3O. The van der Waals surface area contributed by atoms with Crippen molar-refractivity contribution < 1.29 is 4.79 Å². The van der Waals surface area contributed by atoms with Gasteiger partial charge in [-0.25, -0.2) is 0 Å². The largest absolute Gasteiger partial charge is 0.361 e. The number of amides is 1. The Balaban J connectivity index is 0.00000161. The molecule has 1 fully saturated rings. The van der Waals surface area contributed by atoms with Gasteiger partial charge in [0.25, 0.3) is 0 Å². The van der Waals surface area contributed by atoms with Crippen LogP contribution in [0.5, 0.6) is 0 Å². The van der Waals surface area contributed by atoms with Crippen LogP contribution in [0.15, 0.2) is 24.4 Å². The number of H-pyrrole nitrogens is 1. The second kappa shape index (κ2) is 6.96. The van der Waals surface area contributed by atoms with Gasteiger partial charge in [-0.2, -0.15) is 0 Å². The van der Waals surface area contributed by atoms with Crippen LogP contribution in [0.1, 0.15) is 17.5 Å². The minimum atomic E-state index is 0. The molecule has 114 valence electrons. The van der Waals surface area contributed by atoms with Gasteiger partial charge in [0.2, 0.25) is 5.91 Å². The number of hydrogen-bond donors (Lipinski definition) is 3. The van der Waals surface area contributed by atoms with E-state index in [1.807, 2.05) is 0 Å². The number of carbonyl (C=O) groups is 1. The highest BCUT2D eigenvalue weighted by atomic mass is 35.5. The van der Waals surface area contributed by atoms with E-state index in [0.29, 0.717) is 6.54 Å². The van der Waals surface area contributed by atoms with Crippen molar-refractivity contribution in [2.45, 2.75) is 19.8 Å². The molecule has 3 rings (SSSR count). The monoisotopic (exact) mass is 307 g/mol. The Labute approximate surface area is 131 Å². The number of nitrogens with one attached hydrogen (secondary N) is 3. The summed E-state index contributed by atoms with van der Waals surface area (Å²) in [5.74, 6) is 0.339. The molecule has 1 amide bonds. The molecule has 0 spiro atoms. The van der Waals surface area contributed by atoms with Crippen LogP contribution >= 0.6 is 12.4 Å². The summed E-state index contributed by atoms with van der Waals surface area (Å²) < 4.78 is 0. The molecule has 1 aromatic carbocycles. The Bertz CT molecular complexity index is 617. The van der Waals surface area contributed by atoms with Gasteiger partial charge in [0.15, 0.2) is 0 Å². The molecule has 1 aromatic heterocycles. The predicted molar refractivity (Wildman–Crippen MR) is 88.0 cm³/mol. The van der Waals surface area contributed by atoms with E-state index in [1.54, 1.807) is 0 Å². The topological polar surface area (TPSA) is 56.9 Å². The normalized spacial score (nSPS) is 17.7. The van der Waals surface area contributed by atoms with Crippen LogP contribution in [0.4, 0.5) is 0 Å². The Morgan fingerprint density at radius 2 is 2.29 bits per heavy atom. The number of rotatable bonds is 4. The zero-order valence-electron chi connectivity index (χ0n) is 12.2. The van der Waals surface area contributed by atoms with Gasteiger partial charge in [0.05, 0.1) is 5.92 Å². The Hall–Kier alpha value is -1.52. The minimum Gasteiger partial charge on any atom is -0.361 e. The second-order valence-electron chi connectivity index (χ2n) is 5.54. The predicted octanol–water partition coefficient (Wildman–Crippen LogP) is 2.17. The molecule has 0 radical (unpaired) electrons. The number of benzene rings is 1. The molecule has 0 bridgehead atoms. The molecule has 2 heterocycles. The smallest absolute Gasteiger partial charge is 0.224 e. The van der Waals surface area contributed by atoms with Crippen LogP contribution in [0.2, 0.25) is 0 Å². The first-order valence-electron chi connectivity index (χ1n) is 7.29. The maximum atomic E-state index is 11.9. The zero-order chi connectivity index (χ0) is 13.9. The highest BCUT2D eigenvalue weighted by Crippen LogP contribution is 2.22. The van der Waals surface area contributed by atoms with Crippen molar-refractivity contribution >= 4 is 29.2 Å². The molecule has 1 atom stereocenters. The third kappa shape index (κ3) is 3.39. The third-order valence-electron chi connectivity index (χ3n) is 4.12. The van der Waals surface area contributed by atoms with E-state index >= 15 is 0 Å². The lowest BCUT2D eigenvalue weighted by Gasteiger charge is -2.09. The minimum absolute atomic E-state index is 0. The van der Waals surface area contributed by atoms with Crippen LogP contribution < -0.4 is 10.6 Å². The first-order valence-corrected chi connectivity index (χ1v) is 7.29. The van der Waals surface area contributed by atoms with Crippen LogP contribution in [0.25, 0.3) is 10.9 Å². The standard InChI is InChI=1S/C16H21N3O.ClH/c1-11-3-2-4-14-15(11)12(10-19-14)6-8-18-16(20)13-5-7-17-9-13;/h2-4,10,13,17,19H,5-9H2,1H3,(H,18,20);1H. The summed E-state index contributed by atoms with van der Waals surface area (Å²) in [5.41, 5.74) is 3.74. The van der Waals surface area contributed by atoms with Gasteiger partial charge in [-0.05, 0) is 43.5 Å². The van der Waals surface area contributed by atoms with Gasteiger partial charge >= 0.3 is 0 Å². The van der Waals surface area contributed by atoms with Gasteiger partial charge in [-0.1, -0.05) is 12.1 Å². The van der Waals surface area contributed by atoms with Crippen LogP contribution in [-0.2, 0) is 11.2 Å². The lowest BCUT2D eigenvalue weighted by atomic mass is 10.1. The number of aryl methyl sites for hydroxylation is 1. The van der Waals surface area contributed by atoms with E-state index in [9.17, 15) is 4.79 Å². The first kappa shape index (κ1) is 15.9. The molecule has 0 aliphatic carbocycles. The summed E-state index contributed by atoms with van der Waals surface area (Å²) in [6.07, 6.45) is 3.88. The molecule has 1 aliphatic heterocycles. The average molecular weight is 308 g/mol. The molecular weight excluding hydrogens is 286 g/mol. The van der Waals surface area contributed by atoms with Crippen molar-refractivity contribution in [3.05, 3.63) is 35.5 Å². The highest BCUT2D eigenvalue weighted by Gasteiger charge is 2.21. The van der Waals surface area contributed by atoms with Crippen LogP contribution in [-0.4, -0.2) is 30.5 Å². The molecule has 1 aliphatic rings. The van der Waals surface area contributed by atoms with E-state index in [2.05, 4.69) is 46.9 Å². The molecule has 5 heteroatoms. The Morgan fingerprint density at radius 1 is 1.43 bits per heavy atom.